The zero-order valence-corrected chi connectivity index (χ0v) is 51.3. The molecule has 0 aliphatic carbocycles. The molecule has 0 bridgehead atoms. The summed E-state index contributed by atoms with van der Waals surface area (Å²) in [5.41, 5.74) is 0. The number of rotatable bonds is 56. The van der Waals surface area contributed by atoms with Gasteiger partial charge in [0.25, 0.3) is 0 Å². The Morgan fingerprint density at radius 3 is 0.925 bits per heavy atom. The fourth-order valence-corrected chi connectivity index (χ4v) is 9.99. The molecule has 80 heavy (non-hydrogen) atoms. The van der Waals surface area contributed by atoms with Gasteiger partial charge >= 0.3 is 11.9 Å². The molecule has 1 saturated heterocycles. The monoisotopic (exact) mass is 1130 g/mol. The summed E-state index contributed by atoms with van der Waals surface area (Å²) in [5, 5.41) is 49.2. The van der Waals surface area contributed by atoms with Gasteiger partial charge in [-0.15, -0.1) is 0 Å². The van der Waals surface area contributed by atoms with Crippen LogP contribution in [0.2, 0.25) is 0 Å². The fraction of sp³-hybridized carbons (Fsp3) is 0.818. The number of nitrogens with one attached hydrogen (secondary N) is 2. The van der Waals surface area contributed by atoms with Crippen LogP contribution in [0, 0.1) is 0 Å². The first-order valence-electron chi connectivity index (χ1n) is 32.6. The molecule has 14 heteroatoms. The molecule has 1 rings (SSSR count). The zero-order valence-electron chi connectivity index (χ0n) is 51.3. The third-order valence-corrected chi connectivity index (χ3v) is 15.0. The van der Waals surface area contributed by atoms with Gasteiger partial charge in [-0.05, 0) is 89.9 Å². The van der Waals surface area contributed by atoms with Crippen LogP contribution in [-0.4, -0.2) is 143 Å². The maximum atomic E-state index is 13.1. The summed E-state index contributed by atoms with van der Waals surface area (Å²) >= 11 is 0. The van der Waals surface area contributed by atoms with E-state index < -0.39 is 60.3 Å². The van der Waals surface area contributed by atoms with Crippen LogP contribution in [0.25, 0.3) is 0 Å². The molecule has 0 aromatic heterocycles. The summed E-state index contributed by atoms with van der Waals surface area (Å²) in [7, 11) is 0. The van der Waals surface area contributed by atoms with E-state index in [1.807, 2.05) is 34.1 Å². The van der Waals surface area contributed by atoms with E-state index in [0.29, 0.717) is 65.0 Å². The first-order valence-corrected chi connectivity index (χ1v) is 32.6. The van der Waals surface area contributed by atoms with Gasteiger partial charge in [-0.25, -0.2) is 0 Å². The Kier molecular flexibility index (Phi) is 50.0. The van der Waals surface area contributed by atoms with Crippen LogP contribution in [0.3, 0.4) is 0 Å². The molecule has 6 unspecified atom stereocenters. The number of aliphatic hydroxyl groups excluding tert-OH is 4. The number of esters is 2. The third kappa shape index (κ3) is 45.2. The predicted octanol–water partition coefficient (Wildman–Crippen LogP) is 12.5. The number of carbonyl (C=O) groups excluding carboxylic acids is 4. The highest BCUT2D eigenvalue weighted by molar-refractivity contribution is 5.97. The molecule has 1 fully saturated rings. The average molecular weight is 1130 g/mol. The number of nitrogens with zero attached hydrogens (tertiary/aromatic N) is 2. The minimum absolute atomic E-state index is 0.0350. The van der Waals surface area contributed by atoms with E-state index in [0.717, 1.165) is 51.4 Å². The van der Waals surface area contributed by atoms with Crippen molar-refractivity contribution >= 4 is 23.8 Å². The number of unbranched alkanes of at least 4 members (excludes halogenated alkanes) is 24. The Balaban J connectivity index is 2.64. The lowest BCUT2D eigenvalue weighted by Gasteiger charge is -2.29. The van der Waals surface area contributed by atoms with Crippen LogP contribution in [0.5, 0.6) is 0 Å². The maximum Gasteiger partial charge on any atom is 0.305 e. The molecule has 1 aliphatic rings. The standard InChI is InChI=1S/C66H120N4O10/c1-5-9-13-17-21-25-29-33-37-41-57(71)53-69(54-58(72)42-38-34-30-26-22-18-14-10-6-2)49-51-79-63(75)47-45-61-65(77)68-62(66(78)67-61)46-48-64(76)80-52-50-70(55-59(73)43-39-35-31-27-23-19-15-11-7-3)56-60(74)44-40-36-32-28-24-20-16-12-8-4/h33-40,57-62,71-74H,5-32,41-56H2,1-4H3,(H,67,78)(H,68,77)/b37-33-,38-34-,39-35-,40-36-. The van der Waals surface area contributed by atoms with Gasteiger partial charge in [-0.2, -0.15) is 0 Å². The molecule has 2 amide bonds. The molecular weight excluding hydrogens is 1010 g/mol. The van der Waals surface area contributed by atoms with Crippen LogP contribution in [0.1, 0.15) is 259 Å². The van der Waals surface area contributed by atoms with Gasteiger partial charge in [0.15, 0.2) is 0 Å². The summed E-state index contributed by atoms with van der Waals surface area (Å²) in [4.78, 5) is 55.8. The van der Waals surface area contributed by atoms with Crippen LogP contribution >= 0.6 is 0 Å². The van der Waals surface area contributed by atoms with Crippen LogP contribution in [0.4, 0.5) is 0 Å². The van der Waals surface area contributed by atoms with E-state index in [9.17, 15) is 39.6 Å². The van der Waals surface area contributed by atoms with E-state index in [-0.39, 0.29) is 38.9 Å². The van der Waals surface area contributed by atoms with E-state index in [2.05, 4.69) is 62.6 Å². The van der Waals surface area contributed by atoms with Gasteiger partial charge in [0.2, 0.25) is 11.8 Å². The highest BCUT2D eigenvalue weighted by atomic mass is 16.5. The van der Waals surface area contributed by atoms with Crippen LogP contribution in [0.15, 0.2) is 48.6 Å². The van der Waals surface area contributed by atoms with Crippen LogP contribution in [-0.2, 0) is 28.7 Å². The number of ether oxygens (including phenoxy) is 2. The first kappa shape index (κ1) is 74.6. The van der Waals surface area contributed by atoms with Gasteiger partial charge in [0, 0.05) is 52.1 Å². The SMILES string of the molecule is CCCCCCCC/C=C\CC(O)CN(CCOC(=O)CCC1NC(=O)C(CCC(=O)OCCN(CC(O)C/C=C\CCCCCCCC)CC(O)C/C=C\CCCCCCCC)NC1=O)CC(O)C/C=C\CCCCCCCC. The molecule has 464 valence electrons. The fourth-order valence-electron chi connectivity index (χ4n) is 9.99. The van der Waals surface area contributed by atoms with E-state index >= 15 is 0 Å². The summed E-state index contributed by atoms with van der Waals surface area (Å²) < 4.78 is 11.1. The van der Waals surface area contributed by atoms with Gasteiger partial charge in [0.1, 0.15) is 25.3 Å². The molecule has 6 atom stereocenters. The summed E-state index contributed by atoms with van der Waals surface area (Å²) in [6.45, 7) is 10.8. The molecule has 0 radical (unpaired) electrons. The van der Waals surface area contributed by atoms with E-state index in [1.165, 1.54) is 128 Å². The van der Waals surface area contributed by atoms with Crippen LogP contribution < -0.4 is 10.6 Å². The molecule has 0 aromatic carbocycles. The number of piperazine rings is 1. The number of hydrogen-bond donors (Lipinski definition) is 6. The predicted molar refractivity (Wildman–Crippen MR) is 328 cm³/mol. The van der Waals surface area contributed by atoms with Crippen molar-refractivity contribution in [2.45, 2.75) is 295 Å². The molecule has 14 nitrogen and oxygen atoms in total. The van der Waals surface area contributed by atoms with Crippen molar-refractivity contribution < 1.29 is 49.1 Å². The second-order valence-electron chi connectivity index (χ2n) is 22.8. The Morgan fingerprint density at radius 2 is 0.662 bits per heavy atom. The largest absolute Gasteiger partial charge is 0.464 e. The van der Waals surface area contributed by atoms with Crippen molar-refractivity contribution in [1.82, 2.24) is 20.4 Å². The number of aliphatic hydroxyl groups is 4. The third-order valence-electron chi connectivity index (χ3n) is 15.0. The Morgan fingerprint density at radius 1 is 0.412 bits per heavy atom. The number of carbonyl (C=O) groups is 4. The van der Waals surface area contributed by atoms with Crippen molar-refractivity contribution in [3.05, 3.63) is 48.6 Å². The minimum atomic E-state index is -0.938. The average Bonchev–Trinajstić information content (AvgIpc) is 3.43. The maximum absolute atomic E-state index is 13.1. The normalized spacial score (nSPS) is 16.6. The number of allylic oxidation sites excluding steroid dienone is 4. The smallest absolute Gasteiger partial charge is 0.305 e. The molecular formula is C66H120N4O10. The molecule has 0 spiro atoms. The molecule has 0 saturated carbocycles. The highest BCUT2D eigenvalue weighted by Gasteiger charge is 2.34. The van der Waals surface area contributed by atoms with E-state index in [1.54, 1.807) is 0 Å². The van der Waals surface area contributed by atoms with Crippen molar-refractivity contribution in [2.24, 2.45) is 0 Å². The zero-order chi connectivity index (χ0) is 58.5. The first-order chi connectivity index (χ1) is 38.9. The number of hydrogen-bond acceptors (Lipinski definition) is 12. The quantitative estimate of drug-likeness (QED) is 0.0192. The van der Waals surface area contributed by atoms with Crippen molar-refractivity contribution in [3.8, 4) is 0 Å². The molecule has 1 aliphatic heterocycles. The molecule has 6 N–H and O–H groups in total. The Bertz CT molecular complexity index is 1440. The van der Waals surface area contributed by atoms with Crippen molar-refractivity contribution in [3.63, 3.8) is 0 Å². The second kappa shape index (κ2) is 53.6. The topological polar surface area (TPSA) is 198 Å². The Labute approximate surface area is 487 Å². The molecule has 1 heterocycles. The van der Waals surface area contributed by atoms with Gasteiger partial charge < -0.3 is 40.5 Å². The lowest BCUT2D eigenvalue weighted by Crippen LogP contribution is -2.61. The lowest BCUT2D eigenvalue weighted by molar-refractivity contribution is -0.147. The lowest BCUT2D eigenvalue weighted by atomic mass is 10.0. The summed E-state index contributed by atoms with van der Waals surface area (Å²) in [5.74, 6) is -1.95. The second-order valence-corrected chi connectivity index (χ2v) is 22.8. The van der Waals surface area contributed by atoms with E-state index in [4.69, 9.17) is 9.47 Å². The summed E-state index contributed by atoms with van der Waals surface area (Å²) in [6.07, 6.45) is 49.5. The number of amides is 2. The minimum Gasteiger partial charge on any atom is -0.464 e. The van der Waals surface area contributed by atoms with Gasteiger partial charge in [0.05, 0.1) is 24.4 Å². The molecule has 0 aromatic rings. The highest BCUT2D eigenvalue weighted by Crippen LogP contribution is 2.15. The van der Waals surface area contributed by atoms with Gasteiger partial charge in [-0.3, -0.25) is 29.0 Å². The Hall–Kier alpha value is -3.40. The summed E-state index contributed by atoms with van der Waals surface area (Å²) in [6, 6.07) is -1.88. The van der Waals surface area contributed by atoms with Crippen molar-refractivity contribution in [1.29, 1.82) is 0 Å². The van der Waals surface area contributed by atoms with Crippen molar-refractivity contribution in [2.75, 3.05) is 52.5 Å². The van der Waals surface area contributed by atoms with Gasteiger partial charge in [-0.1, -0.05) is 205 Å².